The lowest BCUT2D eigenvalue weighted by Gasteiger charge is -2.16. The van der Waals surface area contributed by atoms with Gasteiger partial charge in [-0.3, -0.25) is 0 Å². The number of nitrogens with one attached hydrogen (secondary N) is 1. The highest BCUT2D eigenvalue weighted by Crippen LogP contribution is 2.48. The summed E-state index contributed by atoms with van der Waals surface area (Å²) < 4.78 is 5.81. The Morgan fingerprint density at radius 3 is 2.56 bits per heavy atom. The molecular formula is C21H25NO3. The van der Waals surface area contributed by atoms with Crippen LogP contribution in [0.2, 0.25) is 0 Å². The summed E-state index contributed by atoms with van der Waals surface area (Å²) in [4.78, 5) is 11.0. The van der Waals surface area contributed by atoms with Gasteiger partial charge < -0.3 is 15.2 Å². The van der Waals surface area contributed by atoms with Crippen LogP contribution in [0.4, 0.5) is 0 Å². The molecule has 0 atom stereocenters. The van der Waals surface area contributed by atoms with E-state index in [0.29, 0.717) is 24.1 Å². The number of carboxylic acid groups (broad SMARTS) is 1. The zero-order chi connectivity index (χ0) is 17.5. The molecule has 132 valence electrons. The molecule has 0 heterocycles. The van der Waals surface area contributed by atoms with E-state index in [4.69, 9.17) is 9.84 Å². The molecule has 3 rings (SSSR count). The Bertz CT molecular complexity index is 695. The average molecular weight is 339 g/mol. The average Bonchev–Trinajstić information content (AvgIpc) is 3.40. The highest BCUT2D eigenvalue weighted by molar-refractivity contribution is 5.87. The summed E-state index contributed by atoms with van der Waals surface area (Å²) in [7, 11) is 0. The molecule has 4 heteroatoms. The molecular weight excluding hydrogens is 314 g/mol. The maximum absolute atomic E-state index is 11.0. The SMILES string of the molecule is O=C(O)c1cccc(CNCC2(CCOCc3ccccc3)CC2)c1. The van der Waals surface area contributed by atoms with Crippen molar-refractivity contribution in [3.05, 3.63) is 71.3 Å². The monoisotopic (exact) mass is 339 g/mol. The molecule has 0 radical (unpaired) electrons. The van der Waals surface area contributed by atoms with Gasteiger partial charge in [0.15, 0.2) is 0 Å². The molecule has 2 aromatic rings. The van der Waals surface area contributed by atoms with Crippen LogP contribution in [0.25, 0.3) is 0 Å². The van der Waals surface area contributed by atoms with Gasteiger partial charge in [-0.2, -0.15) is 0 Å². The summed E-state index contributed by atoms with van der Waals surface area (Å²) in [5.74, 6) is -0.879. The Hall–Kier alpha value is -2.17. The molecule has 1 saturated carbocycles. The molecule has 0 spiro atoms. The predicted molar refractivity (Wildman–Crippen MR) is 97.5 cm³/mol. The Morgan fingerprint density at radius 1 is 1.08 bits per heavy atom. The first-order valence-corrected chi connectivity index (χ1v) is 8.82. The van der Waals surface area contributed by atoms with Crippen molar-refractivity contribution in [2.24, 2.45) is 5.41 Å². The lowest BCUT2D eigenvalue weighted by molar-refractivity contribution is 0.0696. The maximum atomic E-state index is 11.0. The minimum absolute atomic E-state index is 0.342. The van der Waals surface area contributed by atoms with Crippen molar-refractivity contribution in [1.29, 1.82) is 0 Å². The van der Waals surface area contributed by atoms with Gasteiger partial charge in [0.2, 0.25) is 0 Å². The zero-order valence-electron chi connectivity index (χ0n) is 14.4. The van der Waals surface area contributed by atoms with E-state index in [9.17, 15) is 4.79 Å². The minimum Gasteiger partial charge on any atom is -0.478 e. The molecule has 1 aliphatic carbocycles. The fraction of sp³-hybridized carbons (Fsp3) is 0.381. The molecule has 25 heavy (non-hydrogen) atoms. The van der Waals surface area contributed by atoms with E-state index in [1.165, 1.54) is 18.4 Å². The summed E-state index contributed by atoms with van der Waals surface area (Å²) >= 11 is 0. The topological polar surface area (TPSA) is 58.6 Å². The van der Waals surface area contributed by atoms with Crippen LogP contribution in [0.15, 0.2) is 54.6 Å². The van der Waals surface area contributed by atoms with Crippen molar-refractivity contribution < 1.29 is 14.6 Å². The van der Waals surface area contributed by atoms with Crippen molar-refractivity contribution in [3.8, 4) is 0 Å². The molecule has 0 saturated heterocycles. The van der Waals surface area contributed by atoms with Crippen LogP contribution in [0.3, 0.4) is 0 Å². The van der Waals surface area contributed by atoms with E-state index < -0.39 is 5.97 Å². The number of rotatable bonds is 10. The van der Waals surface area contributed by atoms with Crippen LogP contribution >= 0.6 is 0 Å². The van der Waals surface area contributed by atoms with Gasteiger partial charge in [0, 0.05) is 19.7 Å². The number of hydrogen-bond acceptors (Lipinski definition) is 3. The third-order valence-corrected chi connectivity index (χ3v) is 4.85. The third kappa shape index (κ3) is 5.41. The smallest absolute Gasteiger partial charge is 0.335 e. The number of hydrogen-bond donors (Lipinski definition) is 2. The van der Waals surface area contributed by atoms with Crippen molar-refractivity contribution in [2.45, 2.75) is 32.4 Å². The second-order valence-corrected chi connectivity index (χ2v) is 6.90. The second kappa shape index (κ2) is 8.28. The van der Waals surface area contributed by atoms with Crippen molar-refractivity contribution in [3.63, 3.8) is 0 Å². The first kappa shape index (κ1) is 17.6. The Balaban J connectivity index is 1.36. The fourth-order valence-electron chi connectivity index (χ4n) is 3.03. The standard InChI is InChI=1S/C21H25NO3/c23-20(24)19-8-4-7-18(13-19)14-22-16-21(9-10-21)11-12-25-15-17-5-2-1-3-6-17/h1-8,13,22H,9-12,14-16H2,(H,23,24). The molecule has 2 N–H and O–H groups in total. The number of ether oxygens (including phenoxy) is 1. The summed E-state index contributed by atoms with van der Waals surface area (Å²) in [5, 5.41) is 12.5. The number of aromatic carboxylic acids is 1. The summed E-state index contributed by atoms with van der Waals surface area (Å²) in [6, 6.07) is 17.4. The van der Waals surface area contributed by atoms with Crippen LogP contribution in [0.5, 0.6) is 0 Å². The zero-order valence-corrected chi connectivity index (χ0v) is 14.4. The highest BCUT2D eigenvalue weighted by Gasteiger charge is 2.41. The van der Waals surface area contributed by atoms with Gasteiger partial charge in [0.05, 0.1) is 12.2 Å². The van der Waals surface area contributed by atoms with Crippen molar-refractivity contribution in [2.75, 3.05) is 13.2 Å². The second-order valence-electron chi connectivity index (χ2n) is 6.90. The number of benzene rings is 2. The molecule has 0 aromatic heterocycles. The van der Waals surface area contributed by atoms with E-state index in [0.717, 1.165) is 25.1 Å². The Morgan fingerprint density at radius 2 is 1.84 bits per heavy atom. The van der Waals surface area contributed by atoms with E-state index >= 15 is 0 Å². The molecule has 4 nitrogen and oxygen atoms in total. The van der Waals surface area contributed by atoms with Crippen LogP contribution in [0, 0.1) is 5.41 Å². The molecule has 0 aliphatic heterocycles. The predicted octanol–water partition coefficient (Wildman–Crippen LogP) is 3.86. The lowest BCUT2D eigenvalue weighted by Crippen LogP contribution is -2.24. The Labute approximate surface area is 148 Å². The molecule has 1 fully saturated rings. The third-order valence-electron chi connectivity index (χ3n) is 4.85. The largest absolute Gasteiger partial charge is 0.478 e. The van der Waals surface area contributed by atoms with Gasteiger partial charge in [-0.1, -0.05) is 42.5 Å². The van der Waals surface area contributed by atoms with Crippen LogP contribution in [0.1, 0.15) is 40.7 Å². The van der Waals surface area contributed by atoms with Crippen LogP contribution in [-0.4, -0.2) is 24.2 Å². The van der Waals surface area contributed by atoms with Gasteiger partial charge in [0.25, 0.3) is 0 Å². The first-order chi connectivity index (χ1) is 12.2. The summed E-state index contributed by atoms with van der Waals surface area (Å²) in [6.45, 7) is 3.12. The lowest BCUT2D eigenvalue weighted by atomic mass is 10.0. The van der Waals surface area contributed by atoms with Gasteiger partial charge >= 0.3 is 5.97 Å². The molecule has 0 amide bonds. The van der Waals surface area contributed by atoms with E-state index in [2.05, 4.69) is 17.4 Å². The number of carbonyl (C=O) groups is 1. The van der Waals surface area contributed by atoms with Crippen molar-refractivity contribution in [1.82, 2.24) is 5.32 Å². The fourth-order valence-corrected chi connectivity index (χ4v) is 3.03. The summed E-state index contributed by atoms with van der Waals surface area (Å²) in [6.07, 6.45) is 3.55. The van der Waals surface area contributed by atoms with Gasteiger partial charge in [-0.05, 0) is 47.9 Å². The van der Waals surface area contributed by atoms with Gasteiger partial charge in [0.1, 0.15) is 0 Å². The van der Waals surface area contributed by atoms with E-state index in [-0.39, 0.29) is 0 Å². The first-order valence-electron chi connectivity index (χ1n) is 8.82. The highest BCUT2D eigenvalue weighted by atomic mass is 16.5. The molecule has 0 bridgehead atoms. The normalized spacial score (nSPS) is 15.0. The van der Waals surface area contributed by atoms with E-state index in [1.807, 2.05) is 24.3 Å². The molecule has 1 aliphatic rings. The van der Waals surface area contributed by atoms with Crippen LogP contribution < -0.4 is 5.32 Å². The van der Waals surface area contributed by atoms with Crippen molar-refractivity contribution >= 4 is 5.97 Å². The molecule has 0 unspecified atom stereocenters. The quantitative estimate of drug-likeness (QED) is 0.645. The Kier molecular flexibility index (Phi) is 5.84. The van der Waals surface area contributed by atoms with Gasteiger partial charge in [-0.25, -0.2) is 4.79 Å². The summed E-state index contributed by atoms with van der Waals surface area (Å²) in [5.41, 5.74) is 2.93. The maximum Gasteiger partial charge on any atom is 0.335 e. The number of carboxylic acids is 1. The van der Waals surface area contributed by atoms with E-state index in [1.54, 1.807) is 18.2 Å². The molecule has 2 aromatic carbocycles. The minimum atomic E-state index is -0.879. The van der Waals surface area contributed by atoms with Gasteiger partial charge in [-0.15, -0.1) is 0 Å². The van der Waals surface area contributed by atoms with Crippen LogP contribution in [-0.2, 0) is 17.9 Å².